The Kier molecular flexibility index (Phi) is 5.54. The summed E-state index contributed by atoms with van der Waals surface area (Å²) in [4.78, 5) is 0. The molecule has 2 rings (SSSR count). The Labute approximate surface area is 112 Å². The molecular formula is C15H18O4. The second-order valence-corrected chi connectivity index (χ2v) is 4.18. The van der Waals surface area contributed by atoms with E-state index in [9.17, 15) is 0 Å². The van der Waals surface area contributed by atoms with Crippen molar-refractivity contribution in [2.45, 2.75) is 20.0 Å². The van der Waals surface area contributed by atoms with Crippen molar-refractivity contribution in [3.8, 4) is 23.0 Å². The van der Waals surface area contributed by atoms with Gasteiger partial charge in [-0.2, -0.15) is 0 Å². The van der Waals surface area contributed by atoms with Crippen LogP contribution in [-0.4, -0.2) is 21.4 Å². The second kappa shape index (κ2) is 7.16. The van der Waals surface area contributed by atoms with E-state index in [1.54, 1.807) is 24.3 Å². The van der Waals surface area contributed by atoms with E-state index in [0.717, 1.165) is 0 Å². The lowest BCUT2D eigenvalue weighted by Gasteiger charge is -2.08. The SMILES string of the molecule is CC(C)Oc1cccc(O)c1.Oc1cccc(O)c1. The number of rotatable bonds is 2. The normalized spacial score (nSPS) is 9.63. The second-order valence-electron chi connectivity index (χ2n) is 4.18. The predicted molar refractivity (Wildman–Crippen MR) is 73.6 cm³/mol. The summed E-state index contributed by atoms with van der Waals surface area (Å²) in [5.74, 6) is 1.12. The van der Waals surface area contributed by atoms with Crippen LogP contribution < -0.4 is 4.74 Å². The first-order valence-electron chi connectivity index (χ1n) is 5.91. The molecule has 0 radical (unpaired) electrons. The van der Waals surface area contributed by atoms with E-state index >= 15 is 0 Å². The molecule has 0 unspecified atom stereocenters. The number of phenols is 3. The average molecular weight is 262 g/mol. The van der Waals surface area contributed by atoms with Crippen molar-refractivity contribution in [2.24, 2.45) is 0 Å². The van der Waals surface area contributed by atoms with Crippen molar-refractivity contribution in [2.75, 3.05) is 0 Å². The first-order chi connectivity index (χ1) is 8.97. The fourth-order valence-corrected chi connectivity index (χ4v) is 1.32. The minimum absolute atomic E-state index is 0.0880. The van der Waals surface area contributed by atoms with Crippen LogP contribution in [0.25, 0.3) is 0 Å². The summed E-state index contributed by atoms with van der Waals surface area (Å²) in [5.41, 5.74) is 0. The van der Waals surface area contributed by atoms with Gasteiger partial charge in [-0.1, -0.05) is 12.1 Å². The van der Waals surface area contributed by atoms with Gasteiger partial charge in [0.25, 0.3) is 0 Å². The number of hydrogen-bond acceptors (Lipinski definition) is 4. The topological polar surface area (TPSA) is 69.9 Å². The van der Waals surface area contributed by atoms with E-state index in [1.165, 1.54) is 18.2 Å². The molecule has 4 heteroatoms. The number of benzene rings is 2. The average Bonchev–Trinajstić information content (AvgIpc) is 2.28. The highest BCUT2D eigenvalue weighted by Crippen LogP contribution is 2.18. The minimum Gasteiger partial charge on any atom is -0.508 e. The van der Waals surface area contributed by atoms with Crippen LogP contribution in [0.1, 0.15) is 13.8 Å². The lowest BCUT2D eigenvalue weighted by Crippen LogP contribution is -2.04. The zero-order chi connectivity index (χ0) is 14.3. The van der Waals surface area contributed by atoms with Crippen molar-refractivity contribution >= 4 is 0 Å². The number of hydrogen-bond donors (Lipinski definition) is 3. The summed E-state index contributed by atoms with van der Waals surface area (Å²) in [6.07, 6.45) is 0.150. The molecule has 2 aromatic rings. The molecule has 0 amide bonds. The van der Waals surface area contributed by atoms with Crippen LogP contribution in [0.4, 0.5) is 0 Å². The smallest absolute Gasteiger partial charge is 0.123 e. The summed E-state index contributed by atoms with van der Waals surface area (Å²) >= 11 is 0. The van der Waals surface area contributed by atoms with E-state index in [4.69, 9.17) is 20.1 Å². The van der Waals surface area contributed by atoms with E-state index in [1.807, 2.05) is 19.9 Å². The van der Waals surface area contributed by atoms with Gasteiger partial charge in [0, 0.05) is 12.1 Å². The van der Waals surface area contributed by atoms with Crippen LogP contribution in [0.2, 0.25) is 0 Å². The maximum absolute atomic E-state index is 9.05. The molecule has 0 aliphatic heterocycles. The van der Waals surface area contributed by atoms with Gasteiger partial charge < -0.3 is 20.1 Å². The van der Waals surface area contributed by atoms with E-state index in [0.29, 0.717) is 5.75 Å². The first kappa shape index (κ1) is 14.7. The molecule has 0 aliphatic rings. The molecule has 0 aliphatic carbocycles. The van der Waals surface area contributed by atoms with E-state index in [-0.39, 0.29) is 23.4 Å². The lowest BCUT2D eigenvalue weighted by molar-refractivity contribution is 0.241. The maximum atomic E-state index is 9.05. The Hall–Kier alpha value is -2.36. The highest BCUT2D eigenvalue weighted by Gasteiger charge is 1.96. The Morgan fingerprint density at radius 1 is 0.789 bits per heavy atom. The maximum Gasteiger partial charge on any atom is 0.123 e. The van der Waals surface area contributed by atoms with Gasteiger partial charge in [0.15, 0.2) is 0 Å². The molecule has 3 N–H and O–H groups in total. The fraction of sp³-hybridized carbons (Fsp3) is 0.200. The van der Waals surface area contributed by atoms with Crippen LogP contribution in [-0.2, 0) is 0 Å². The van der Waals surface area contributed by atoms with Crippen LogP contribution in [0, 0.1) is 0 Å². The van der Waals surface area contributed by atoms with Gasteiger partial charge in [-0.15, -0.1) is 0 Å². The Bertz CT molecular complexity index is 492. The van der Waals surface area contributed by atoms with Gasteiger partial charge in [-0.3, -0.25) is 0 Å². The van der Waals surface area contributed by atoms with Crippen LogP contribution in [0.15, 0.2) is 48.5 Å². The van der Waals surface area contributed by atoms with Gasteiger partial charge in [0.2, 0.25) is 0 Å². The van der Waals surface area contributed by atoms with Crippen molar-refractivity contribution < 1.29 is 20.1 Å². The summed E-state index contributed by atoms with van der Waals surface area (Å²) in [7, 11) is 0. The van der Waals surface area contributed by atoms with Crippen molar-refractivity contribution in [3.05, 3.63) is 48.5 Å². The highest BCUT2D eigenvalue weighted by molar-refractivity contribution is 5.31. The van der Waals surface area contributed by atoms with Gasteiger partial charge in [0.1, 0.15) is 23.0 Å². The van der Waals surface area contributed by atoms with Crippen molar-refractivity contribution in [3.63, 3.8) is 0 Å². The Morgan fingerprint density at radius 3 is 1.63 bits per heavy atom. The number of phenolic OH excluding ortho intramolecular Hbond substituents is 3. The molecule has 0 saturated heterocycles. The molecule has 0 fully saturated rings. The van der Waals surface area contributed by atoms with Gasteiger partial charge >= 0.3 is 0 Å². The zero-order valence-electron chi connectivity index (χ0n) is 10.9. The molecule has 19 heavy (non-hydrogen) atoms. The summed E-state index contributed by atoms with van der Waals surface area (Å²) in [6, 6.07) is 12.6. The Morgan fingerprint density at radius 2 is 1.26 bits per heavy atom. The number of ether oxygens (including phenoxy) is 1. The zero-order valence-corrected chi connectivity index (χ0v) is 10.9. The predicted octanol–water partition coefficient (Wildman–Crippen LogP) is 3.28. The largest absolute Gasteiger partial charge is 0.508 e. The molecule has 4 nitrogen and oxygen atoms in total. The molecule has 0 heterocycles. The number of aromatic hydroxyl groups is 3. The third kappa shape index (κ3) is 6.21. The molecule has 0 spiro atoms. The van der Waals surface area contributed by atoms with Crippen LogP contribution in [0.3, 0.4) is 0 Å². The standard InChI is InChI=1S/C9H12O2.C6H6O2/c1-7(2)11-9-5-3-4-8(10)6-9;7-5-2-1-3-6(8)4-5/h3-7,10H,1-2H3;1-4,7-8H. The fourth-order valence-electron chi connectivity index (χ4n) is 1.32. The van der Waals surface area contributed by atoms with E-state index in [2.05, 4.69) is 0 Å². The van der Waals surface area contributed by atoms with Gasteiger partial charge in [-0.05, 0) is 38.1 Å². The van der Waals surface area contributed by atoms with Crippen LogP contribution in [0.5, 0.6) is 23.0 Å². The third-order valence-electron chi connectivity index (χ3n) is 2.02. The summed E-state index contributed by atoms with van der Waals surface area (Å²) in [6.45, 7) is 3.90. The summed E-state index contributed by atoms with van der Waals surface area (Å²) < 4.78 is 5.34. The molecule has 2 aromatic carbocycles. The third-order valence-corrected chi connectivity index (χ3v) is 2.02. The highest BCUT2D eigenvalue weighted by atomic mass is 16.5. The first-order valence-corrected chi connectivity index (χ1v) is 5.91. The summed E-state index contributed by atoms with van der Waals surface area (Å²) in [5, 5.41) is 26.4. The quantitative estimate of drug-likeness (QED) is 0.776. The molecule has 102 valence electrons. The van der Waals surface area contributed by atoms with E-state index < -0.39 is 0 Å². The van der Waals surface area contributed by atoms with Crippen molar-refractivity contribution in [1.82, 2.24) is 0 Å². The van der Waals surface area contributed by atoms with Gasteiger partial charge in [-0.25, -0.2) is 0 Å². The molecule has 0 saturated carbocycles. The molecule has 0 aromatic heterocycles. The Balaban J connectivity index is 0.000000200. The van der Waals surface area contributed by atoms with Crippen molar-refractivity contribution in [1.29, 1.82) is 0 Å². The minimum atomic E-state index is 0.0880. The monoisotopic (exact) mass is 262 g/mol. The van der Waals surface area contributed by atoms with Crippen LogP contribution >= 0.6 is 0 Å². The molecule has 0 atom stereocenters. The molecule has 0 bridgehead atoms. The molecular weight excluding hydrogens is 244 g/mol. The van der Waals surface area contributed by atoms with Gasteiger partial charge in [0.05, 0.1) is 6.10 Å². The lowest BCUT2D eigenvalue weighted by atomic mass is 10.3.